The third-order valence-corrected chi connectivity index (χ3v) is 3.55. The SMILES string of the molecule is CC(C)C(C)NCCn1ccc2ccc(F)cc21. The third kappa shape index (κ3) is 2.91. The lowest BCUT2D eigenvalue weighted by Crippen LogP contribution is -2.33. The summed E-state index contributed by atoms with van der Waals surface area (Å²) in [6.07, 6.45) is 2.02. The van der Waals surface area contributed by atoms with E-state index in [1.165, 1.54) is 6.07 Å². The molecule has 0 amide bonds. The number of aromatic nitrogens is 1. The lowest BCUT2D eigenvalue weighted by atomic mass is 10.1. The minimum Gasteiger partial charge on any atom is -0.346 e. The van der Waals surface area contributed by atoms with Crippen LogP contribution in [0.4, 0.5) is 4.39 Å². The summed E-state index contributed by atoms with van der Waals surface area (Å²) in [6.45, 7) is 8.37. The standard InChI is InChI=1S/C15H21FN2/c1-11(2)12(3)17-7-9-18-8-6-13-4-5-14(16)10-15(13)18/h4-6,8,10-12,17H,7,9H2,1-3H3. The average molecular weight is 248 g/mol. The van der Waals surface area contributed by atoms with Crippen LogP contribution in [0.25, 0.3) is 10.9 Å². The van der Waals surface area contributed by atoms with Crippen LogP contribution in [-0.4, -0.2) is 17.2 Å². The molecule has 1 unspecified atom stereocenters. The Morgan fingerprint density at radius 1 is 1.22 bits per heavy atom. The summed E-state index contributed by atoms with van der Waals surface area (Å²) in [5.41, 5.74) is 0.967. The Morgan fingerprint density at radius 3 is 2.72 bits per heavy atom. The molecule has 0 aliphatic carbocycles. The van der Waals surface area contributed by atoms with Crippen LogP contribution in [0.3, 0.4) is 0 Å². The summed E-state index contributed by atoms with van der Waals surface area (Å²) >= 11 is 0. The maximum absolute atomic E-state index is 13.2. The zero-order valence-electron chi connectivity index (χ0n) is 11.3. The number of nitrogens with one attached hydrogen (secondary N) is 1. The van der Waals surface area contributed by atoms with Gasteiger partial charge >= 0.3 is 0 Å². The molecular formula is C15H21FN2. The maximum atomic E-state index is 13.2. The zero-order valence-corrected chi connectivity index (χ0v) is 11.3. The number of fused-ring (bicyclic) bond motifs is 1. The molecule has 0 spiro atoms. The van der Waals surface area contributed by atoms with Crippen LogP contribution in [0.2, 0.25) is 0 Å². The van der Waals surface area contributed by atoms with E-state index in [2.05, 4.69) is 30.7 Å². The molecule has 0 radical (unpaired) electrons. The molecule has 1 aromatic heterocycles. The molecule has 0 aliphatic rings. The van der Waals surface area contributed by atoms with Gasteiger partial charge in [-0.25, -0.2) is 4.39 Å². The first kappa shape index (κ1) is 13.1. The van der Waals surface area contributed by atoms with Gasteiger partial charge < -0.3 is 9.88 Å². The van der Waals surface area contributed by atoms with Crippen molar-refractivity contribution in [2.45, 2.75) is 33.4 Å². The van der Waals surface area contributed by atoms with Crippen molar-refractivity contribution in [1.82, 2.24) is 9.88 Å². The first-order valence-electron chi connectivity index (χ1n) is 6.55. The normalized spacial score (nSPS) is 13.4. The van der Waals surface area contributed by atoms with Crippen LogP contribution in [-0.2, 0) is 6.54 Å². The number of halogens is 1. The Morgan fingerprint density at radius 2 is 2.00 bits per heavy atom. The predicted molar refractivity (Wildman–Crippen MR) is 74.2 cm³/mol. The van der Waals surface area contributed by atoms with Gasteiger partial charge in [0.25, 0.3) is 0 Å². The molecule has 18 heavy (non-hydrogen) atoms. The van der Waals surface area contributed by atoms with Gasteiger partial charge in [-0.1, -0.05) is 13.8 Å². The lowest BCUT2D eigenvalue weighted by Gasteiger charge is -2.17. The summed E-state index contributed by atoms with van der Waals surface area (Å²) in [5, 5.41) is 4.58. The van der Waals surface area contributed by atoms with E-state index < -0.39 is 0 Å². The first-order chi connectivity index (χ1) is 8.58. The van der Waals surface area contributed by atoms with Crippen molar-refractivity contribution in [3.63, 3.8) is 0 Å². The number of hydrogen-bond donors (Lipinski definition) is 1. The summed E-state index contributed by atoms with van der Waals surface area (Å²) in [7, 11) is 0. The summed E-state index contributed by atoms with van der Waals surface area (Å²) in [4.78, 5) is 0. The second-order valence-electron chi connectivity index (χ2n) is 5.20. The fourth-order valence-electron chi connectivity index (χ4n) is 2.00. The van der Waals surface area contributed by atoms with Crippen molar-refractivity contribution in [2.75, 3.05) is 6.54 Å². The Bertz CT molecular complexity index is 516. The minimum atomic E-state index is -0.175. The van der Waals surface area contributed by atoms with Crippen molar-refractivity contribution in [1.29, 1.82) is 0 Å². The fourth-order valence-corrected chi connectivity index (χ4v) is 2.00. The van der Waals surface area contributed by atoms with E-state index in [0.29, 0.717) is 12.0 Å². The molecule has 1 N–H and O–H groups in total. The largest absolute Gasteiger partial charge is 0.346 e. The molecule has 1 aromatic carbocycles. The highest BCUT2D eigenvalue weighted by Gasteiger charge is 2.06. The Kier molecular flexibility index (Phi) is 4.02. The van der Waals surface area contributed by atoms with Crippen LogP contribution in [0.15, 0.2) is 30.5 Å². The number of nitrogens with zero attached hydrogens (tertiary/aromatic N) is 1. The van der Waals surface area contributed by atoms with E-state index in [4.69, 9.17) is 0 Å². The second kappa shape index (κ2) is 5.53. The van der Waals surface area contributed by atoms with Crippen LogP contribution < -0.4 is 5.32 Å². The monoisotopic (exact) mass is 248 g/mol. The van der Waals surface area contributed by atoms with E-state index >= 15 is 0 Å². The van der Waals surface area contributed by atoms with Gasteiger partial charge in [0.05, 0.1) is 5.52 Å². The fraction of sp³-hybridized carbons (Fsp3) is 0.467. The average Bonchev–Trinajstić information content (AvgIpc) is 2.71. The highest BCUT2D eigenvalue weighted by atomic mass is 19.1. The third-order valence-electron chi connectivity index (χ3n) is 3.55. The Hall–Kier alpha value is -1.35. The van der Waals surface area contributed by atoms with Crippen LogP contribution >= 0.6 is 0 Å². The lowest BCUT2D eigenvalue weighted by molar-refractivity contribution is 0.418. The molecule has 0 aliphatic heterocycles. The van der Waals surface area contributed by atoms with Gasteiger partial charge in [0.1, 0.15) is 5.82 Å². The molecule has 0 saturated carbocycles. The van der Waals surface area contributed by atoms with Crippen LogP contribution in [0, 0.1) is 11.7 Å². The van der Waals surface area contributed by atoms with Crippen molar-refractivity contribution in [3.8, 4) is 0 Å². The topological polar surface area (TPSA) is 17.0 Å². The summed E-state index contributed by atoms with van der Waals surface area (Å²) < 4.78 is 15.3. The van der Waals surface area contributed by atoms with Gasteiger partial charge in [0, 0.05) is 25.3 Å². The van der Waals surface area contributed by atoms with Gasteiger partial charge in [-0.2, -0.15) is 0 Å². The highest BCUT2D eigenvalue weighted by Crippen LogP contribution is 2.16. The Labute approximate surface area is 108 Å². The summed E-state index contributed by atoms with van der Waals surface area (Å²) in [5.74, 6) is 0.454. The molecule has 2 rings (SSSR count). The molecule has 2 nitrogen and oxygen atoms in total. The maximum Gasteiger partial charge on any atom is 0.125 e. The molecule has 98 valence electrons. The number of benzene rings is 1. The van der Waals surface area contributed by atoms with E-state index in [-0.39, 0.29) is 5.82 Å². The predicted octanol–water partition coefficient (Wildman–Crippen LogP) is 3.41. The molecule has 0 saturated heterocycles. The second-order valence-corrected chi connectivity index (χ2v) is 5.20. The highest BCUT2D eigenvalue weighted by molar-refractivity contribution is 5.80. The summed E-state index contributed by atoms with van der Waals surface area (Å²) in [6, 6.07) is 7.46. The van der Waals surface area contributed by atoms with Crippen LogP contribution in [0.5, 0.6) is 0 Å². The molecular weight excluding hydrogens is 227 g/mol. The Balaban J connectivity index is 2.01. The minimum absolute atomic E-state index is 0.175. The quantitative estimate of drug-likeness (QED) is 0.858. The molecule has 2 aromatic rings. The van der Waals surface area contributed by atoms with E-state index in [1.807, 2.05) is 18.3 Å². The first-order valence-corrected chi connectivity index (χ1v) is 6.55. The zero-order chi connectivity index (χ0) is 13.1. The van der Waals surface area contributed by atoms with Crippen molar-refractivity contribution in [2.24, 2.45) is 5.92 Å². The molecule has 0 fully saturated rings. The number of hydrogen-bond acceptors (Lipinski definition) is 1. The smallest absolute Gasteiger partial charge is 0.125 e. The van der Waals surface area contributed by atoms with Gasteiger partial charge in [0.15, 0.2) is 0 Å². The number of rotatable bonds is 5. The van der Waals surface area contributed by atoms with E-state index in [0.717, 1.165) is 24.0 Å². The molecule has 3 heteroatoms. The molecule has 0 bridgehead atoms. The van der Waals surface area contributed by atoms with Crippen molar-refractivity contribution < 1.29 is 4.39 Å². The van der Waals surface area contributed by atoms with Gasteiger partial charge in [-0.05, 0) is 42.5 Å². The van der Waals surface area contributed by atoms with E-state index in [9.17, 15) is 4.39 Å². The van der Waals surface area contributed by atoms with E-state index in [1.54, 1.807) is 6.07 Å². The molecule has 1 heterocycles. The van der Waals surface area contributed by atoms with Crippen molar-refractivity contribution >= 4 is 10.9 Å². The van der Waals surface area contributed by atoms with Crippen molar-refractivity contribution in [3.05, 3.63) is 36.3 Å². The van der Waals surface area contributed by atoms with Gasteiger partial charge in [0.2, 0.25) is 0 Å². The molecule has 1 atom stereocenters. The van der Waals surface area contributed by atoms with Gasteiger partial charge in [-0.15, -0.1) is 0 Å². The van der Waals surface area contributed by atoms with Gasteiger partial charge in [-0.3, -0.25) is 0 Å². The van der Waals surface area contributed by atoms with Crippen LogP contribution in [0.1, 0.15) is 20.8 Å².